The first-order valence-corrected chi connectivity index (χ1v) is 5.70. The molecule has 1 unspecified atom stereocenters. The summed E-state index contributed by atoms with van der Waals surface area (Å²) in [7, 11) is 0. The van der Waals surface area contributed by atoms with Gasteiger partial charge in [-0.05, 0) is 31.0 Å². The second kappa shape index (κ2) is 5.71. The summed E-state index contributed by atoms with van der Waals surface area (Å²) in [5, 5.41) is 0. The third kappa shape index (κ3) is 3.77. The summed E-state index contributed by atoms with van der Waals surface area (Å²) in [4.78, 5) is 23.3. The van der Waals surface area contributed by atoms with Crippen molar-refractivity contribution in [2.45, 2.75) is 27.2 Å². The molecule has 0 aliphatic carbocycles. The molecule has 0 saturated heterocycles. The lowest BCUT2D eigenvalue weighted by molar-refractivity contribution is -0.133. The highest BCUT2D eigenvalue weighted by Crippen LogP contribution is 2.16. The lowest BCUT2D eigenvalue weighted by Crippen LogP contribution is -2.28. The van der Waals surface area contributed by atoms with Crippen molar-refractivity contribution in [1.82, 2.24) is 0 Å². The highest BCUT2D eigenvalue weighted by molar-refractivity contribution is 6.02. The first-order chi connectivity index (χ1) is 7.91. The number of hydrogen-bond donors (Lipinski definition) is 0. The lowest BCUT2D eigenvalue weighted by atomic mass is 9.87. The minimum atomic E-state index is -0.656. The minimum absolute atomic E-state index is 0.0817. The Bertz CT molecular complexity index is 424. The second-order valence-corrected chi connectivity index (χ2v) is 4.55. The summed E-state index contributed by atoms with van der Waals surface area (Å²) in [5.74, 6) is -1.43. The van der Waals surface area contributed by atoms with Gasteiger partial charge in [-0.3, -0.25) is 9.59 Å². The molecule has 0 fully saturated rings. The van der Waals surface area contributed by atoms with Crippen LogP contribution >= 0.6 is 0 Å². The van der Waals surface area contributed by atoms with Crippen LogP contribution in [-0.2, 0) is 16.0 Å². The monoisotopic (exact) mass is 236 g/mol. The third-order valence-electron chi connectivity index (χ3n) is 2.73. The topological polar surface area (TPSA) is 34.1 Å². The molecule has 0 spiro atoms. The quantitative estimate of drug-likeness (QED) is 0.737. The zero-order valence-electron chi connectivity index (χ0n) is 10.4. The molecule has 0 aromatic heterocycles. The molecule has 0 N–H and O–H groups in total. The van der Waals surface area contributed by atoms with Gasteiger partial charge in [0.15, 0.2) is 0 Å². The van der Waals surface area contributed by atoms with Gasteiger partial charge in [-0.1, -0.05) is 26.0 Å². The maximum absolute atomic E-state index is 13.0. The summed E-state index contributed by atoms with van der Waals surface area (Å²) >= 11 is 0. The predicted octanol–water partition coefficient (Wildman–Crippen LogP) is 2.80. The van der Waals surface area contributed by atoms with E-state index in [-0.39, 0.29) is 29.7 Å². The molecule has 0 saturated carbocycles. The van der Waals surface area contributed by atoms with E-state index in [0.29, 0.717) is 5.56 Å². The van der Waals surface area contributed by atoms with Crippen molar-refractivity contribution in [2.75, 3.05) is 0 Å². The van der Waals surface area contributed by atoms with Crippen LogP contribution in [0.15, 0.2) is 24.3 Å². The van der Waals surface area contributed by atoms with Gasteiger partial charge in [-0.15, -0.1) is 0 Å². The maximum atomic E-state index is 13.0. The highest BCUT2D eigenvalue weighted by Gasteiger charge is 2.25. The SMILES string of the molecule is CC(=O)C(Cc1cccc(F)c1)C(=O)C(C)C. The van der Waals surface area contributed by atoms with Gasteiger partial charge in [0.05, 0.1) is 5.92 Å². The number of ketones is 2. The van der Waals surface area contributed by atoms with Crippen molar-refractivity contribution in [3.63, 3.8) is 0 Å². The molecule has 0 bridgehead atoms. The number of benzene rings is 1. The van der Waals surface area contributed by atoms with Crippen molar-refractivity contribution in [1.29, 1.82) is 0 Å². The standard InChI is InChI=1S/C14H17FO2/c1-9(2)14(17)13(10(3)16)8-11-5-4-6-12(15)7-11/h4-7,9,13H,8H2,1-3H3. The Morgan fingerprint density at radius 3 is 2.41 bits per heavy atom. The number of Topliss-reactive ketones (excluding diaryl/α,β-unsaturated/α-hetero) is 2. The van der Waals surface area contributed by atoms with Gasteiger partial charge in [-0.25, -0.2) is 4.39 Å². The number of carbonyl (C=O) groups is 2. The largest absolute Gasteiger partial charge is 0.299 e. The number of hydrogen-bond acceptors (Lipinski definition) is 2. The molecule has 0 aliphatic rings. The Kier molecular flexibility index (Phi) is 4.55. The van der Waals surface area contributed by atoms with E-state index in [4.69, 9.17) is 0 Å². The Labute approximate surface area is 101 Å². The normalized spacial score (nSPS) is 12.5. The van der Waals surface area contributed by atoms with Crippen LogP contribution in [0.4, 0.5) is 4.39 Å². The van der Waals surface area contributed by atoms with Gasteiger partial charge in [0.25, 0.3) is 0 Å². The van der Waals surface area contributed by atoms with Gasteiger partial charge in [0, 0.05) is 5.92 Å². The second-order valence-electron chi connectivity index (χ2n) is 4.55. The van der Waals surface area contributed by atoms with Crippen molar-refractivity contribution in [3.8, 4) is 0 Å². The van der Waals surface area contributed by atoms with Crippen LogP contribution in [-0.4, -0.2) is 11.6 Å². The molecular formula is C14H17FO2. The van der Waals surface area contributed by atoms with E-state index in [1.165, 1.54) is 19.1 Å². The third-order valence-corrected chi connectivity index (χ3v) is 2.73. The van der Waals surface area contributed by atoms with Crippen LogP contribution in [0.1, 0.15) is 26.3 Å². The summed E-state index contributed by atoms with van der Waals surface area (Å²) < 4.78 is 13.0. The van der Waals surface area contributed by atoms with Gasteiger partial charge < -0.3 is 0 Å². The molecule has 92 valence electrons. The van der Waals surface area contributed by atoms with Crippen LogP contribution in [0.2, 0.25) is 0 Å². The van der Waals surface area contributed by atoms with Gasteiger partial charge in [-0.2, -0.15) is 0 Å². The fraction of sp³-hybridized carbons (Fsp3) is 0.429. The Morgan fingerprint density at radius 2 is 1.94 bits per heavy atom. The molecule has 0 radical (unpaired) electrons. The van der Waals surface area contributed by atoms with Crippen LogP contribution < -0.4 is 0 Å². The molecule has 1 aromatic rings. The fourth-order valence-electron chi connectivity index (χ4n) is 1.75. The van der Waals surface area contributed by atoms with E-state index >= 15 is 0 Å². The molecule has 1 atom stereocenters. The molecular weight excluding hydrogens is 219 g/mol. The lowest BCUT2D eigenvalue weighted by Gasteiger charge is -2.15. The van der Waals surface area contributed by atoms with E-state index < -0.39 is 5.92 Å². The summed E-state index contributed by atoms with van der Waals surface area (Å²) in [6.07, 6.45) is 0.282. The highest BCUT2D eigenvalue weighted by atomic mass is 19.1. The van der Waals surface area contributed by atoms with E-state index in [0.717, 1.165) is 0 Å². The molecule has 0 amide bonds. The molecule has 1 rings (SSSR count). The minimum Gasteiger partial charge on any atom is -0.299 e. The molecule has 0 heterocycles. The average molecular weight is 236 g/mol. The predicted molar refractivity (Wildman–Crippen MR) is 64.1 cm³/mol. The Hall–Kier alpha value is -1.51. The van der Waals surface area contributed by atoms with Crippen LogP contribution in [0.5, 0.6) is 0 Å². The van der Waals surface area contributed by atoms with Crippen molar-refractivity contribution < 1.29 is 14.0 Å². The van der Waals surface area contributed by atoms with E-state index in [9.17, 15) is 14.0 Å². The summed E-state index contributed by atoms with van der Waals surface area (Å²) in [6.45, 7) is 4.94. The van der Waals surface area contributed by atoms with E-state index in [2.05, 4.69) is 0 Å². The molecule has 17 heavy (non-hydrogen) atoms. The smallest absolute Gasteiger partial charge is 0.146 e. The van der Waals surface area contributed by atoms with Gasteiger partial charge >= 0.3 is 0 Å². The summed E-state index contributed by atoms with van der Waals surface area (Å²) in [6, 6.07) is 6.02. The number of rotatable bonds is 5. The van der Waals surface area contributed by atoms with Crippen molar-refractivity contribution >= 4 is 11.6 Å². The number of carbonyl (C=O) groups excluding carboxylic acids is 2. The Morgan fingerprint density at radius 1 is 1.29 bits per heavy atom. The van der Waals surface area contributed by atoms with Gasteiger partial charge in [0.2, 0.25) is 0 Å². The molecule has 0 aliphatic heterocycles. The molecule has 3 heteroatoms. The first-order valence-electron chi connectivity index (χ1n) is 5.70. The Balaban J connectivity index is 2.88. The van der Waals surface area contributed by atoms with Gasteiger partial charge in [0.1, 0.15) is 17.4 Å². The van der Waals surface area contributed by atoms with Crippen molar-refractivity contribution in [2.24, 2.45) is 11.8 Å². The van der Waals surface area contributed by atoms with Crippen molar-refractivity contribution in [3.05, 3.63) is 35.6 Å². The average Bonchev–Trinajstić information content (AvgIpc) is 2.24. The van der Waals surface area contributed by atoms with Crippen LogP contribution in [0, 0.1) is 17.7 Å². The summed E-state index contributed by atoms with van der Waals surface area (Å²) in [5.41, 5.74) is 0.680. The fourth-order valence-corrected chi connectivity index (χ4v) is 1.75. The molecule has 1 aromatic carbocycles. The molecule has 2 nitrogen and oxygen atoms in total. The zero-order valence-corrected chi connectivity index (χ0v) is 10.4. The zero-order chi connectivity index (χ0) is 13.0. The number of halogens is 1. The van der Waals surface area contributed by atoms with E-state index in [1.807, 2.05) is 0 Å². The first kappa shape index (κ1) is 13.6. The van der Waals surface area contributed by atoms with Crippen LogP contribution in [0.25, 0.3) is 0 Å². The maximum Gasteiger partial charge on any atom is 0.146 e. The van der Waals surface area contributed by atoms with Crippen LogP contribution in [0.3, 0.4) is 0 Å². The van der Waals surface area contributed by atoms with E-state index in [1.54, 1.807) is 26.0 Å².